The van der Waals surface area contributed by atoms with Crippen LogP contribution < -0.4 is 26.6 Å². The Labute approximate surface area is 590 Å². The molecule has 0 unspecified atom stereocenters. The fraction of sp³-hybridized carbons (Fsp3) is 0.471. The maximum absolute atomic E-state index is 15.5. The van der Waals surface area contributed by atoms with Gasteiger partial charge in [0.15, 0.2) is 6.10 Å². The highest BCUT2D eigenvalue weighted by Gasteiger charge is 2.43. The molecular formula is C68H81F10N11O15. The van der Waals surface area contributed by atoms with Crippen LogP contribution in [0.2, 0.25) is 0 Å². The summed E-state index contributed by atoms with van der Waals surface area (Å²) in [5.41, 5.74) is 2.03. The van der Waals surface area contributed by atoms with Crippen LogP contribution in [0.1, 0.15) is 100 Å². The van der Waals surface area contributed by atoms with Crippen LogP contribution in [-0.2, 0) is 89.7 Å². The molecule has 7 amide bonds. The van der Waals surface area contributed by atoms with E-state index in [1.807, 2.05) is 24.5 Å². The first-order chi connectivity index (χ1) is 48.9. The molecule has 0 spiro atoms. The lowest BCUT2D eigenvalue weighted by atomic mass is 9.75. The van der Waals surface area contributed by atoms with E-state index in [-0.39, 0.29) is 63.0 Å². The molecular weight excluding hydrogens is 1400 g/mol. The first-order valence-electron chi connectivity index (χ1n) is 32.6. The topological polar surface area (TPSA) is 368 Å². The van der Waals surface area contributed by atoms with Crippen LogP contribution in [0.5, 0.6) is 0 Å². The summed E-state index contributed by atoms with van der Waals surface area (Å²) in [5.74, 6) is -15.1. The maximum atomic E-state index is 15.5. The molecule has 8 rings (SSSR count). The number of hydrogen-bond acceptors (Lipinski definition) is 15. The van der Waals surface area contributed by atoms with Crippen molar-refractivity contribution in [2.45, 2.75) is 171 Å². The molecule has 8 N–H and O–H groups in total. The van der Waals surface area contributed by atoms with Gasteiger partial charge < -0.3 is 61.0 Å². The fourth-order valence-electron chi connectivity index (χ4n) is 10.5. The van der Waals surface area contributed by atoms with E-state index in [9.17, 15) is 73.1 Å². The van der Waals surface area contributed by atoms with Gasteiger partial charge in [-0.3, -0.25) is 48.3 Å². The number of nitrogens with zero attached hydrogens (tertiary/aromatic N) is 6. The van der Waals surface area contributed by atoms with Crippen molar-refractivity contribution in [3.63, 3.8) is 0 Å². The number of pyridine rings is 2. The summed E-state index contributed by atoms with van der Waals surface area (Å²) < 4.78 is 119. The Bertz CT molecular complexity index is 3560. The molecule has 5 heterocycles. The third-order valence-corrected chi connectivity index (χ3v) is 16.3. The van der Waals surface area contributed by atoms with E-state index in [2.05, 4.69) is 41.5 Å². The van der Waals surface area contributed by atoms with Gasteiger partial charge in [0.1, 0.15) is 42.1 Å². The van der Waals surface area contributed by atoms with E-state index >= 15 is 9.18 Å². The lowest BCUT2D eigenvalue weighted by molar-refractivity contribution is -0.193. The molecule has 0 radical (unpaired) electrons. The van der Waals surface area contributed by atoms with Crippen LogP contribution in [0.15, 0.2) is 122 Å². The lowest BCUT2D eigenvalue weighted by Gasteiger charge is -2.36. The second kappa shape index (κ2) is 41.5. The van der Waals surface area contributed by atoms with Crippen LogP contribution >= 0.6 is 0 Å². The van der Waals surface area contributed by atoms with Gasteiger partial charge in [-0.1, -0.05) is 100 Å². The minimum atomic E-state index is -5.08. The number of unbranched alkanes of at least 4 members (excludes halogenated alkanes) is 2. The number of benzene rings is 2. The Morgan fingerprint density at radius 2 is 0.990 bits per heavy atom. The molecule has 3 aromatic heterocycles. The van der Waals surface area contributed by atoms with Gasteiger partial charge in [0.25, 0.3) is 5.91 Å². The number of hydrogen-bond donors (Lipinski definition) is 8. The molecule has 7 atom stereocenters. The number of halogens is 10. The summed E-state index contributed by atoms with van der Waals surface area (Å²) in [4.78, 5) is 160. The predicted molar refractivity (Wildman–Crippen MR) is 348 cm³/mol. The monoisotopic (exact) mass is 1480 g/mol. The molecule has 3 fully saturated rings. The van der Waals surface area contributed by atoms with Crippen molar-refractivity contribution in [3.05, 3.63) is 150 Å². The first-order valence-corrected chi connectivity index (χ1v) is 32.6. The minimum Gasteiger partial charge on any atom is -0.475 e. The number of carbonyl (C=O) groups is 11. The molecule has 26 nitrogen and oxygen atoms in total. The molecule has 2 aliphatic heterocycles. The van der Waals surface area contributed by atoms with Crippen LogP contribution in [0, 0.1) is 17.7 Å². The maximum Gasteiger partial charge on any atom is 0.490 e. The highest BCUT2D eigenvalue weighted by molar-refractivity contribution is 5.98. The number of ether oxygens (including phenoxy) is 1. The summed E-state index contributed by atoms with van der Waals surface area (Å²) in [6.45, 7) is 4.41. The molecule has 36 heteroatoms. The number of rotatable bonds is 18. The first kappa shape index (κ1) is 85.8. The summed E-state index contributed by atoms with van der Waals surface area (Å²) in [7, 11) is 2.95. The molecule has 1 aliphatic carbocycles. The largest absolute Gasteiger partial charge is 0.490 e. The summed E-state index contributed by atoms with van der Waals surface area (Å²) in [5, 5.41) is 35.8. The van der Waals surface area contributed by atoms with Gasteiger partial charge in [-0.15, -0.1) is 0 Å². The summed E-state index contributed by atoms with van der Waals surface area (Å²) in [6.07, 6.45) is -2.09. The van der Waals surface area contributed by atoms with E-state index in [0.29, 0.717) is 68.2 Å². The van der Waals surface area contributed by atoms with Gasteiger partial charge in [-0.2, -0.15) is 39.5 Å². The molecule has 104 heavy (non-hydrogen) atoms. The van der Waals surface area contributed by atoms with Gasteiger partial charge in [0.2, 0.25) is 35.4 Å². The molecule has 5 aromatic rings. The number of aryl methyl sites for hydroxylation is 1. The van der Waals surface area contributed by atoms with Crippen LogP contribution in [-0.4, -0.2) is 191 Å². The average Bonchev–Trinajstić information content (AvgIpc) is 0.903. The van der Waals surface area contributed by atoms with E-state index in [1.165, 1.54) is 42.1 Å². The van der Waals surface area contributed by atoms with E-state index < -0.39 is 138 Å². The number of carboxylic acids is 3. The lowest BCUT2D eigenvalue weighted by Crippen LogP contribution is -2.60. The molecule has 2 aromatic carbocycles. The van der Waals surface area contributed by atoms with Crippen molar-refractivity contribution < 1.29 is 117 Å². The highest BCUT2D eigenvalue weighted by Crippen LogP contribution is 2.35. The van der Waals surface area contributed by atoms with Gasteiger partial charge in [0, 0.05) is 90.0 Å². The average molecular weight is 1480 g/mol. The Morgan fingerprint density at radius 1 is 0.519 bits per heavy atom. The third-order valence-electron chi connectivity index (χ3n) is 16.3. The van der Waals surface area contributed by atoms with E-state index in [4.69, 9.17) is 34.4 Å². The van der Waals surface area contributed by atoms with Crippen LogP contribution in [0.25, 0.3) is 0 Å². The number of carbonyl (C=O) groups excluding carboxylic acids is 8. The van der Waals surface area contributed by atoms with Gasteiger partial charge >= 0.3 is 42.4 Å². The quantitative estimate of drug-likeness (QED) is 0.0263. The number of nitrogens with one attached hydrogen (secondary N) is 5. The second-order valence-electron chi connectivity index (χ2n) is 24.1. The number of esters is 1. The number of aromatic nitrogens is 4. The number of aliphatic carboxylic acids is 3. The SMILES string of the molecule is CCCC[C@@H]1NC(=O)[C@H](Cc2cccnc2)NC(=O)[C@H](CCCn2ccnc2)N(C)C(=O)[C@H](Cc2ccccc2)OC(=O)C2CC(CNC(=O)[C@H](Cc3cccnc3)N(C)C(=O)[C@H](CCCC)NC(=O)[C@H](Cc3ccccc3F)NC1=O)C2.O=C(O)C(F)(F)F.O=C(O)C(F)(F)F.O=C(O)C(F)(F)F. The van der Waals surface area contributed by atoms with E-state index in [1.54, 1.807) is 98.1 Å². The van der Waals surface area contributed by atoms with Crippen LogP contribution in [0.3, 0.4) is 0 Å². The molecule has 3 aliphatic rings. The van der Waals surface area contributed by atoms with Crippen molar-refractivity contribution in [1.29, 1.82) is 0 Å². The van der Waals surface area contributed by atoms with Crippen molar-refractivity contribution in [2.24, 2.45) is 11.8 Å². The van der Waals surface area contributed by atoms with Crippen LogP contribution in [0.4, 0.5) is 43.9 Å². The van der Waals surface area contributed by atoms with Crippen molar-refractivity contribution in [1.82, 2.24) is 55.9 Å². The number of imidazole rings is 1. The summed E-state index contributed by atoms with van der Waals surface area (Å²) in [6, 6.07) is 14.1. The molecule has 568 valence electrons. The van der Waals surface area contributed by atoms with Crippen molar-refractivity contribution in [3.8, 4) is 0 Å². The zero-order valence-electron chi connectivity index (χ0n) is 56.8. The van der Waals surface area contributed by atoms with Gasteiger partial charge in [0.05, 0.1) is 12.2 Å². The number of fused-ring (bicyclic) bond motifs is 23. The fourth-order valence-corrected chi connectivity index (χ4v) is 10.5. The van der Waals surface area contributed by atoms with Gasteiger partial charge in [-0.25, -0.2) is 23.8 Å². The standard InChI is InChI=1S/C62H78FN11O9.3C2HF3O2/c1-5-7-23-48-55(75)70-51(36-45-21-12-13-22-47(45)63)57(77)69-49(24-8-6-2)60(80)73(4)53(34-43-20-15-27-65-38-43)58(78)67-39-44-31-46(32-44)62(82)83-54(35-41-17-10-9-11-18-41)61(81)72(3)52(25-16-29-74-30-28-66-40-74)59(79)71-50(56(76)68-48)33-42-19-14-26-64-37-42;3*3-2(4,5)1(6)7/h9-15,17-22,26-28,30,37-38,40,44,46,48-54H,5-8,16,23-25,29,31-36,39H2,1-4H3,(H,67,78)(H,68,76)(H,69,77)(H,70,75)(H,71,79);3*(H,6,7)/t44?,46?,48-,49-,50-,51-,52-,53-,54-;;;/m0.../s1. The number of alkyl halides is 9. The Morgan fingerprint density at radius 3 is 1.50 bits per heavy atom. The summed E-state index contributed by atoms with van der Waals surface area (Å²) >= 11 is 0. The second-order valence-corrected chi connectivity index (χ2v) is 24.1. The Balaban J connectivity index is 0.000000947. The number of likely N-dealkylation sites (N-methyl/N-ethyl adjacent to an activating group) is 2. The zero-order valence-corrected chi connectivity index (χ0v) is 56.8. The number of carboxylic acid groups (broad SMARTS) is 3. The third kappa shape index (κ3) is 29.0. The Kier molecular flexibility index (Phi) is 34.3. The molecule has 1 saturated carbocycles. The minimum absolute atomic E-state index is 0.00922. The van der Waals surface area contributed by atoms with E-state index in [0.717, 1.165) is 0 Å². The van der Waals surface area contributed by atoms with Gasteiger partial charge in [-0.05, 0) is 84.9 Å². The van der Waals surface area contributed by atoms with Crippen molar-refractivity contribution in [2.75, 3.05) is 20.6 Å². The zero-order chi connectivity index (χ0) is 77.5. The highest BCUT2D eigenvalue weighted by atomic mass is 19.4. The smallest absolute Gasteiger partial charge is 0.475 e. The molecule has 2 bridgehead atoms. The van der Waals surface area contributed by atoms with Crippen molar-refractivity contribution >= 4 is 65.2 Å². The normalized spacial score (nSPS) is 21.3. The Hall–Kier alpha value is -10.6. The molecule has 2 saturated heterocycles. The predicted octanol–water partition coefficient (Wildman–Crippen LogP) is 6.50. The number of amides is 7.